The Balaban J connectivity index is 1.90. The first-order valence-corrected chi connectivity index (χ1v) is 8.38. The monoisotopic (exact) mass is 366 g/mol. The maximum Gasteiger partial charge on any atom is 0.325 e. The molecule has 3 rings (SSSR count). The van der Waals surface area contributed by atoms with Crippen molar-refractivity contribution in [3.8, 4) is 0 Å². The zero-order valence-corrected chi connectivity index (χ0v) is 14.7. The van der Waals surface area contributed by atoms with Gasteiger partial charge in [0, 0.05) is 6.42 Å². The largest absolute Gasteiger partial charge is 0.468 e. The molecule has 1 atom stereocenters. The predicted molar refractivity (Wildman–Crippen MR) is 95.9 cm³/mol. The predicted octanol–water partition coefficient (Wildman–Crippen LogP) is 1.18. The summed E-state index contributed by atoms with van der Waals surface area (Å²) >= 11 is 0. The van der Waals surface area contributed by atoms with Crippen LogP contribution in [0.5, 0.6) is 0 Å². The van der Waals surface area contributed by atoms with E-state index in [0.717, 1.165) is 10.5 Å². The molecule has 7 nitrogen and oxygen atoms in total. The number of esters is 1. The van der Waals surface area contributed by atoms with Gasteiger partial charge in [0.25, 0.3) is 11.8 Å². The molecule has 0 bridgehead atoms. The first-order chi connectivity index (χ1) is 13.0. The lowest BCUT2D eigenvalue weighted by molar-refractivity contribution is -0.141. The Labute approximate surface area is 155 Å². The summed E-state index contributed by atoms with van der Waals surface area (Å²) in [5, 5.41) is 2.44. The van der Waals surface area contributed by atoms with Crippen LogP contribution in [0.4, 0.5) is 0 Å². The smallest absolute Gasteiger partial charge is 0.325 e. The van der Waals surface area contributed by atoms with E-state index in [1.54, 1.807) is 48.5 Å². The molecule has 3 amide bonds. The average molecular weight is 366 g/mol. The lowest BCUT2D eigenvalue weighted by Crippen LogP contribution is -2.51. The van der Waals surface area contributed by atoms with Crippen molar-refractivity contribution in [1.82, 2.24) is 10.2 Å². The molecule has 2 aromatic carbocycles. The van der Waals surface area contributed by atoms with Gasteiger partial charge in [-0.2, -0.15) is 0 Å². The standard InChI is InChI=1S/C20H18N2O5/c1-27-17(23)12-21-18(24)16(11-13-7-3-2-4-8-13)22-19(25)14-9-5-6-10-15(14)20(22)26/h2-10,16H,11-12H2,1H3,(H,21,24). The van der Waals surface area contributed by atoms with Gasteiger partial charge in [0.15, 0.2) is 0 Å². The summed E-state index contributed by atoms with van der Waals surface area (Å²) in [6.45, 7) is -0.343. The van der Waals surface area contributed by atoms with Crippen LogP contribution in [0.1, 0.15) is 26.3 Å². The van der Waals surface area contributed by atoms with E-state index in [1.807, 2.05) is 6.07 Å². The Morgan fingerprint density at radius 1 is 0.963 bits per heavy atom. The van der Waals surface area contributed by atoms with Crippen molar-refractivity contribution < 1.29 is 23.9 Å². The minimum absolute atomic E-state index is 0.138. The van der Waals surface area contributed by atoms with Crippen LogP contribution in [-0.2, 0) is 20.7 Å². The molecule has 0 saturated carbocycles. The molecule has 27 heavy (non-hydrogen) atoms. The van der Waals surface area contributed by atoms with Gasteiger partial charge in [-0.25, -0.2) is 0 Å². The topological polar surface area (TPSA) is 92.8 Å². The zero-order valence-electron chi connectivity index (χ0n) is 14.7. The number of amides is 3. The fourth-order valence-electron chi connectivity index (χ4n) is 2.98. The fraction of sp³-hybridized carbons (Fsp3) is 0.200. The van der Waals surface area contributed by atoms with Crippen LogP contribution in [0.15, 0.2) is 54.6 Å². The van der Waals surface area contributed by atoms with Gasteiger partial charge in [-0.1, -0.05) is 42.5 Å². The van der Waals surface area contributed by atoms with Crippen molar-refractivity contribution in [3.63, 3.8) is 0 Å². The normalized spacial score (nSPS) is 13.9. The molecule has 2 aromatic rings. The minimum Gasteiger partial charge on any atom is -0.468 e. The summed E-state index contributed by atoms with van der Waals surface area (Å²) in [5.74, 6) is -2.27. The van der Waals surface area contributed by atoms with Gasteiger partial charge in [-0.05, 0) is 17.7 Å². The maximum absolute atomic E-state index is 12.8. The second-order valence-corrected chi connectivity index (χ2v) is 6.03. The van der Waals surface area contributed by atoms with E-state index >= 15 is 0 Å². The number of nitrogens with one attached hydrogen (secondary N) is 1. The van der Waals surface area contributed by atoms with Crippen LogP contribution in [0.2, 0.25) is 0 Å². The van der Waals surface area contributed by atoms with Crippen LogP contribution < -0.4 is 5.32 Å². The van der Waals surface area contributed by atoms with Crippen molar-refractivity contribution in [2.24, 2.45) is 0 Å². The number of fused-ring (bicyclic) bond motifs is 1. The fourth-order valence-corrected chi connectivity index (χ4v) is 2.98. The van der Waals surface area contributed by atoms with E-state index in [0.29, 0.717) is 0 Å². The molecular formula is C20H18N2O5. The van der Waals surface area contributed by atoms with E-state index in [2.05, 4.69) is 10.1 Å². The highest BCUT2D eigenvalue weighted by atomic mass is 16.5. The molecule has 7 heteroatoms. The van der Waals surface area contributed by atoms with Crippen LogP contribution in [0.25, 0.3) is 0 Å². The van der Waals surface area contributed by atoms with Crippen LogP contribution in [-0.4, -0.2) is 48.3 Å². The van der Waals surface area contributed by atoms with Crippen molar-refractivity contribution in [1.29, 1.82) is 0 Å². The number of nitrogens with zero attached hydrogens (tertiary/aromatic N) is 1. The van der Waals surface area contributed by atoms with Crippen molar-refractivity contribution in [2.75, 3.05) is 13.7 Å². The molecule has 1 heterocycles. The number of benzene rings is 2. The molecule has 1 aliphatic rings. The van der Waals surface area contributed by atoms with Gasteiger partial charge < -0.3 is 10.1 Å². The Hall–Kier alpha value is -3.48. The summed E-state index contributed by atoms with van der Waals surface area (Å²) in [4.78, 5) is 50.6. The summed E-state index contributed by atoms with van der Waals surface area (Å²) in [6.07, 6.45) is 0.138. The highest BCUT2D eigenvalue weighted by Gasteiger charge is 2.42. The van der Waals surface area contributed by atoms with Crippen LogP contribution in [0.3, 0.4) is 0 Å². The first-order valence-electron chi connectivity index (χ1n) is 8.38. The molecule has 0 fully saturated rings. The zero-order chi connectivity index (χ0) is 19.4. The summed E-state index contributed by atoms with van der Waals surface area (Å²) in [6, 6.07) is 14.4. The number of hydrogen-bond acceptors (Lipinski definition) is 5. The van der Waals surface area contributed by atoms with Crippen molar-refractivity contribution in [2.45, 2.75) is 12.5 Å². The molecular weight excluding hydrogens is 348 g/mol. The van der Waals surface area contributed by atoms with Gasteiger partial charge in [0.2, 0.25) is 5.91 Å². The molecule has 1 unspecified atom stereocenters. The van der Waals surface area contributed by atoms with Gasteiger partial charge >= 0.3 is 5.97 Å². The first kappa shape index (κ1) is 18.3. The molecule has 138 valence electrons. The molecule has 0 saturated heterocycles. The second-order valence-electron chi connectivity index (χ2n) is 6.03. The minimum atomic E-state index is -1.08. The Kier molecular flexibility index (Phi) is 5.30. The molecule has 0 spiro atoms. The second kappa shape index (κ2) is 7.82. The van der Waals surface area contributed by atoms with E-state index < -0.39 is 29.7 Å². The number of hydrogen-bond donors (Lipinski definition) is 1. The third-order valence-corrected chi connectivity index (χ3v) is 4.35. The molecule has 0 aromatic heterocycles. The summed E-state index contributed by atoms with van der Waals surface area (Å²) < 4.78 is 4.52. The molecule has 0 aliphatic carbocycles. The van der Waals surface area contributed by atoms with Gasteiger partial charge in [-0.3, -0.25) is 24.1 Å². The lowest BCUT2D eigenvalue weighted by Gasteiger charge is -2.25. The van der Waals surface area contributed by atoms with Gasteiger partial charge in [0.1, 0.15) is 12.6 Å². The third-order valence-electron chi connectivity index (χ3n) is 4.35. The number of methoxy groups -OCH3 is 1. The number of imide groups is 1. The number of carbonyl (C=O) groups excluding carboxylic acids is 4. The highest BCUT2D eigenvalue weighted by Crippen LogP contribution is 2.26. The van der Waals surface area contributed by atoms with Crippen molar-refractivity contribution >= 4 is 23.7 Å². The van der Waals surface area contributed by atoms with Crippen LogP contribution in [0, 0.1) is 0 Å². The molecule has 1 aliphatic heterocycles. The quantitative estimate of drug-likeness (QED) is 0.612. The van der Waals surface area contributed by atoms with E-state index in [1.165, 1.54) is 7.11 Å². The van der Waals surface area contributed by atoms with Crippen molar-refractivity contribution in [3.05, 3.63) is 71.3 Å². The van der Waals surface area contributed by atoms with E-state index in [9.17, 15) is 19.2 Å². The Morgan fingerprint density at radius 2 is 1.52 bits per heavy atom. The van der Waals surface area contributed by atoms with E-state index in [4.69, 9.17) is 0 Å². The highest BCUT2D eigenvalue weighted by molar-refractivity contribution is 6.22. The summed E-state index contributed by atoms with van der Waals surface area (Å²) in [7, 11) is 1.21. The SMILES string of the molecule is COC(=O)CNC(=O)C(Cc1ccccc1)N1C(=O)c2ccccc2C1=O. The Bertz CT molecular complexity index is 859. The number of ether oxygens (including phenoxy) is 1. The van der Waals surface area contributed by atoms with E-state index in [-0.39, 0.29) is 24.1 Å². The maximum atomic E-state index is 12.8. The number of rotatable bonds is 6. The molecule has 0 radical (unpaired) electrons. The lowest BCUT2D eigenvalue weighted by atomic mass is 10.0. The summed E-state index contributed by atoms with van der Waals surface area (Å²) in [5.41, 5.74) is 1.31. The molecule has 1 N–H and O–H groups in total. The third kappa shape index (κ3) is 3.72. The van der Waals surface area contributed by atoms with Gasteiger partial charge in [-0.15, -0.1) is 0 Å². The van der Waals surface area contributed by atoms with Crippen LogP contribution >= 0.6 is 0 Å². The number of carbonyl (C=O) groups is 4. The Morgan fingerprint density at radius 3 is 2.07 bits per heavy atom. The average Bonchev–Trinajstić information content (AvgIpc) is 2.95. The van der Waals surface area contributed by atoms with Gasteiger partial charge in [0.05, 0.1) is 18.2 Å².